The number of amides is 2. The number of ether oxygens (including phenoxy) is 1. The Kier molecular flexibility index (Phi) is 4.81. The number of hydrogen-bond acceptors (Lipinski definition) is 5. The maximum absolute atomic E-state index is 12.2. The first-order valence-corrected chi connectivity index (χ1v) is 7.82. The van der Waals surface area contributed by atoms with Crippen LogP contribution >= 0.6 is 0 Å². The van der Waals surface area contributed by atoms with Crippen molar-refractivity contribution < 1.29 is 19.4 Å². The number of imide groups is 1. The Morgan fingerprint density at radius 3 is 2.52 bits per heavy atom. The largest absolute Gasteiger partial charge is 0.497 e. The second-order valence-electron chi connectivity index (χ2n) is 5.51. The Hall–Kier alpha value is -3.12. The van der Waals surface area contributed by atoms with Crippen molar-refractivity contribution in [2.24, 2.45) is 0 Å². The van der Waals surface area contributed by atoms with Crippen molar-refractivity contribution in [1.82, 2.24) is 4.90 Å². The van der Waals surface area contributed by atoms with Crippen LogP contribution in [0.1, 0.15) is 0 Å². The van der Waals surface area contributed by atoms with Crippen LogP contribution < -0.4 is 10.1 Å². The van der Waals surface area contributed by atoms with E-state index >= 15 is 0 Å². The van der Waals surface area contributed by atoms with E-state index in [-0.39, 0.29) is 18.8 Å². The monoisotopic (exact) mass is 338 g/mol. The van der Waals surface area contributed by atoms with E-state index in [0.29, 0.717) is 5.69 Å². The number of rotatable bonds is 6. The molecule has 128 valence electrons. The molecule has 2 amide bonds. The molecule has 2 aromatic carbocycles. The summed E-state index contributed by atoms with van der Waals surface area (Å²) in [4.78, 5) is 25.0. The van der Waals surface area contributed by atoms with Gasteiger partial charge in [-0.25, -0.2) is 0 Å². The SMILES string of the molecule is COc1cccc(-c2cccc(NC3=CC(=O)N(CCO)C3=O)c2)c1. The number of hydrogen-bond donors (Lipinski definition) is 2. The summed E-state index contributed by atoms with van der Waals surface area (Å²) in [5.74, 6) is -0.105. The normalized spacial score (nSPS) is 13.8. The third-order valence-corrected chi connectivity index (χ3v) is 3.88. The van der Waals surface area contributed by atoms with E-state index in [1.165, 1.54) is 6.08 Å². The highest BCUT2D eigenvalue weighted by Crippen LogP contribution is 2.27. The Morgan fingerprint density at radius 2 is 1.80 bits per heavy atom. The van der Waals surface area contributed by atoms with Gasteiger partial charge in [-0.05, 0) is 35.4 Å². The van der Waals surface area contributed by atoms with E-state index < -0.39 is 11.8 Å². The molecule has 0 saturated heterocycles. The van der Waals surface area contributed by atoms with E-state index in [1.807, 2.05) is 48.5 Å². The summed E-state index contributed by atoms with van der Waals surface area (Å²) in [6, 6.07) is 15.2. The number of benzene rings is 2. The van der Waals surface area contributed by atoms with Crippen LogP contribution in [0.5, 0.6) is 5.75 Å². The maximum atomic E-state index is 12.2. The fourth-order valence-corrected chi connectivity index (χ4v) is 2.64. The Balaban J connectivity index is 1.82. The highest BCUT2D eigenvalue weighted by Gasteiger charge is 2.30. The van der Waals surface area contributed by atoms with E-state index in [0.717, 1.165) is 21.8 Å². The quantitative estimate of drug-likeness (QED) is 0.788. The number of carbonyl (C=O) groups is 2. The molecule has 6 nitrogen and oxygen atoms in total. The average molecular weight is 338 g/mol. The predicted molar refractivity (Wildman–Crippen MR) is 93.9 cm³/mol. The van der Waals surface area contributed by atoms with Crippen LogP contribution in [-0.4, -0.2) is 42.1 Å². The van der Waals surface area contributed by atoms with Crippen molar-refractivity contribution in [3.63, 3.8) is 0 Å². The average Bonchev–Trinajstić information content (AvgIpc) is 2.90. The molecule has 2 N–H and O–H groups in total. The van der Waals surface area contributed by atoms with Gasteiger partial charge in [-0.1, -0.05) is 24.3 Å². The lowest BCUT2D eigenvalue weighted by molar-refractivity contribution is -0.137. The van der Waals surface area contributed by atoms with Crippen molar-refractivity contribution in [3.8, 4) is 16.9 Å². The van der Waals surface area contributed by atoms with Gasteiger partial charge in [-0.2, -0.15) is 0 Å². The molecule has 0 unspecified atom stereocenters. The molecular formula is C19H18N2O4. The van der Waals surface area contributed by atoms with Gasteiger partial charge >= 0.3 is 0 Å². The molecular weight excluding hydrogens is 320 g/mol. The van der Waals surface area contributed by atoms with E-state index in [1.54, 1.807) is 7.11 Å². The van der Waals surface area contributed by atoms with Crippen LogP contribution in [0.4, 0.5) is 5.69 Å². The van der Waals surface area contributed by atoms with Gasteiger partial charge in [0.15, 0.2) is 0 Å². The number of aliphatic hydroxyl groups excluding tert-OH is 1. The molecule has 1 heterocycles. The topological polar surface area (TPSA) is 78.9 Å². The Bertz CT molecular complexity index is 845. The highest BCUT2D eigenvalue weighted by atomic mass is 16.5. The Labute approximate surface area is 145 Å². The number of nitrogens with zero attached hydrogens (tertiary/aromatic N) is 1. The van der Waals surface area contributed by atoms with Crippen LogP contribution in [0.25, 0.3) is 11.1 Å². The summed E-state index contributed by atoms with van der Waals surface area (Å²) in [6.45, 7) is -0.271. The third kappa shape index (κ3) is 3.54. The van der Waals surface area contributed by atoms with Crippen molar-refractivity contribution in [2.45, 2.75) is 0 Å². The Morgan fingerprint density at radius 1 is 1.08 bits per heavy atom. The molecule has 0 fully saturated rings. The van der Waals surface area contributed by atoms with Crippen molar-refractivity contribution in [1.29, 1.82) is 0 Å². The van der Waals surface area contributed by atoms with Gasteiger partial charge in [-0.15, -0.1) is 0 Å². The number of aliphatic hydroxyl groups is 1. The molecule has 0 spiro atoms. The van der Waals surface area contributed by atoms with Crippen LogP contribution in [0.3, 0.4) is 0 Å². The lowest BCUT2D eigenvalue weighted by Crippen LogP contribution is -2.34. The second kappa shape index (κ2) is 7.19. The standard InChI is InChI=1S/C19H18N2O4/c1-25-16-7-3-5-14(11-16)13-4-2-6-15(10-13)20-17-12-18(23)21(8-9-22)19(17)24/h2-7,10-12,20,22H,8-9H2,1H3. The number of nitrogens with one attached hydrogen (secondary N) is 1. The number of β-amino-alcohol motifs (C(OH)–C–C–N with tert-alkyl or cyclic N) is 1. The zero-order valence-corrected chi connectivity index (χ0v) is 13.7. The molecule has 6 heteroatoms. The van der Waals surface area contributed by atoms with Crippen molar-refractivity contribution in [3.05, 3.63) is 60.3 Å². The first-order chi connectivity index (χ1) is 12.1. The van der Waals surface area contributed by atoms with E-state index in [4.69, 9.17) is 9.84 Å². The van der Waals surface area contributed by atoms with Gasteiger partial charge in [0.2, 0.25) is 0 Å². The third-order valence-electron chi connectivity index (χ3n) is 3.88. The first kappa shape index (κ1) is 16.7. The molecule has 25 heavy (non-hydrogen) atoms. The summed E-state index contributed by atoms with van der Waals surface area (Å²) in [5.41, 5.74) is 2.82. The first-order valence-electron chi connectivity index (χ1n) is 7.82. The molecule has 0 bridgehead atoms. The van der Waals surface area contributed by atoms with Crippen LogP contribution in [0, 0.1) is 0 Å². The van der Waals surface area contributed by atoms with Gasteiger partial charge in [0, 0.05) is 11.8 Å². The smallest absolute Gasteiger partial charge is 0.277 e. The number of methoxy groups -OCH3 is 1. The molecule has 0 atom stereocenters. The summed E-state index contributed by atoms with van der Waals surface area (Å²) < 4.78 is 5.24. The molecule has 0 radical (unpaired) electrons. The zero-order valence-electron chi connectivity index (χ0n) is 13.7. The summed E-state index contributed by atoms with van der Waals surface area (Å²) in [7, 11) is 1.62. The fraction of sp³-hybridized carbons (Fsp3) is 0.158. The van der Waals surface area contributed by atoms with E-state index in [9.17, 15) is 9.59 Å². The number of anilines is 1. The van der Waals surface area contributed by atoms with Crippen LogP contribution in [0.15, 0.2) is 60.3 Å². The molecule has 2 aromatic rings. The summed E-state index contributed by atoms with van der Waals surface area (Å²) in [5, 5.41) is 11.9. The zero-order chi connectivity index (χ0) is 17.8. The molecule has 1 aliphatic heterocycles. The van der Waals surface area contributed by atoms with Crippen LogP contribution in [-0.2, 0) is 9.59 Å². The minimum absolute atomic E-state index is 0.0107. The minimum Gasteiger partial charge on any atom is -0.497 e. The highest BCUT2D eigenvalue weighted by molar-refractivity contribution is 6.17. The molecule has 0 aliphatic carbocycles. The molecule has 0 saturated carbocycles. The molecule has 0 aromatic heterocycles. The van der Waals surface area contributed by atoms with Gasteiger partial charge < -0.3 is 15.2 Å². The molecule has 1 aliphatic rings. The van der Waals surface area contributed by atoms with Crippen LogP contribution in [0.2, 0.25) is 0 Å². The number of carbonyl (C=O) groups excluding carboxylic acids is 2. The molecule has 3 rings (SSSR count). The lowest BCUT2D eigenvalue weighted by atomic mass is 10.0. The minimum atomic E-state index is -0.439. The summed E-state index contributed by atoms with van der Waals surface area (Å²) in [6.07, 6.45) is 1.25. The summed E-state index contributed by atoms with van der Waals surface area (Å²) >= 11 is 0. The van der Waals surface area contributed by atoms with Gasteiger partial charge in [0.1, 0.15) is 11.4 Å². The van der Waals surface area contributed by atoms with E-state index in [2.05, 4.69) is 5.32 Å². The van der Waals surface area contributed by atoms with Crippen molar-refractivity contribution in [2.75, 3.05) is 25.6 Å². The van der Waals surface area contributed by atoms with Crippen molar-refractivity contribution >= 4 is 17.5 Å². The predicted octanol–water partition coefficient (Wildman–Crippen LogP) is 2.02. The lowest BCUT2D eigenvalue weighted by Gasteiger charge is -2.14. The van der Waals surface area contributed by atoms with Gasteiger partial charge in [0.25, 0.3) is 11.8 Å². The maximum Gasteiger partial charge on any atom is 0.277 e. The van der Waals surface area contributed by atoms with Gasteiger partial charge in [-0.3, -0.25) is 14.5 Å². The van der Waals surface area contributed by atoms with Gasteiger partial charge in [0.05, 0.1) is 20.3 Å². The fourth-order valence-electron chi connectivity index (χ4n) is 2.64. The second-order valence-corrected chi connectivity index (χ2v) is 5.51.